The van der Waals surface area contributed by atoms with Crippen molar-refractivity contribution in [2.24, 2.45) is 17.8 Å². The average Bonchev–Trinajstić information content (AvgIpc) is 2.94. The lowest BCUT2D eigenvalue weighted by molar-refractivity contribution is -0.144. The predicted molar refractivity (Wildman–Crippen MR) is 78.0 cm³/mol. The number of rotatable bonds is 5. The maximum absolute atomic E-state index is 12.1. The second-order valence-corrected chi connectivity index (χ2v) is 6.23. The Kier molecular flexibility index (Phi) is 5.85. The number of nitrogens with one attached hydrogen (secondary N) is 1. The molecule has 0 spiro atoms. The number of aliphatic carboxylic acids is 1. The fourth-order valence-corrected chi connectivity index (χ4v) is 3.50. The molecule has 3 atom stereocenters. The number of carboxylic acid groups (broad SMARTS) is 1. The van der Waals surface area contributed by atoms with Crippen LogP contribution >= 0.6 is 0 Å². The zero-order chi connectivity index (χ0) is 15.2. The summed E-state index contributed by atoms with van der Waals surface area (Å²) in [5.74, 6) is -0.547. The van der Waals surface area contributed by atoms with Crippen LogP contribution in [-0.2, 0) is 9.53 Å². The van der Waals surface area contributed by atoms with Crippen LogP contribution in [0.1, 0.15) is 32.1 Å². The van der Waals surface area contributed by atoms with Crippen LogP contribution in [0.2, 0.25) is 0 Å². The molecule has 1 saturated carbocycles. The number of hydrogen-bond acceptors (Lipinski definition) is 3. The maximum Gasteiger partial charge on any atom is 0.317 e. The van der Waals surface area contributed by atoms with Crippen LogP contribution in [0.3, 0.4) is 0 Å². The van der Waals surface area contributed by atoms with Crippen molar-refractivity contribution in [3.8, 4) is 0 Å². The molecule has 2 rings (SSSR count). The van der Waals surface area contributed by atoms with Gasteiger partial charge in [-0.25, -0.2) is 4.79 Å². The first-order chi connectivity index (χ1) is 10.1. The van der Waals surface area contributed by atoms with E-state index in [1.807, 2.05) is 4.90 Å². The fraction of sp³-hybridized carbons (Fsp3) is 0.867. The molecule has 2 aliphatic rings. The Labute approximate surface area is 125 Å². The average molecular weight is 298 g/mol. The SMILES string of the molecule is COCC1CCN(C(=O)NCC2CCCCC2C(=O)O)C1. The fourth-order valence-electron chi connectivity index (χ4n) is 3.50. The van der Waals surface area contributed by atoms with Crippen molar-refractivity contribution in [3.05, 3.63) is 0 Å². The Morgan fingerprint density at radius 2 is 2.05 bits per heavy atom. The summed E-state index contributed by atoms with van der Waals surface area (Å²) < 4.78 is 5.13. The summed E-state index contributed by atoms with van der Waals surface area (Å²) in [5, 5.41) is 12.2. The number of hydrogen-bond donors (Lipinski definition) is 2. The second-order valence-electron chi connectivity index (χ2n) is 6.23. The molecule has 1 saturated heterocycles. The normalized spacial score (nSPS) is 29.4. The van der Waals surface area contributed by atoms with Crippen molar-refractivity contribution in [2.75, 3.05) is 33.4 Å². The molecule has 21 heavy (non-hydrogen) atoms. The molecular formula is C15H26N2O4. The van der Waals surface area contributed by atoms with Crippen molar-refractivity contribution in [1.29, 1.82) is 0 Å². The van der Waals surface area contributed by atoms with Crippen LogP contribution in [0.15, 0.2) is 0 Å². The van der Waals surface area contributed by atoms with E-state index >= 15 is 0 Å². The standard InChI is InChI=1S/C15H26N2O4/c1-21-10-11-6-7-17(9-11)15(20)16-8-12-4-2-3-5-13(12)14(18)19/h11-13H,2-10H2,1H3,(H,16,20)(H,18,19). The van der Waals surface area contributed by atoms with Gasteiger partial charge < -0.3 is 20.1 Å². The van der Waals surface area contributed by atoms with Gasteiger partial charge in [0.15, 0.2) is 0 Å². The number of carboxylic acids is 1. The lowest BCUT2D eigenvalue weighted by atomic mass is 9.79. The van der Waals surface area contributed by atoms with Gasteiger partial charge in [-0.15, -0.1) is 0 Å². The molecule has 120 valence electrons. The Morgan fingerprint density at radius 3 is 2.76 bits per heavy atom. The Hall–Kier alpha value is -1.30. The molecule has 3 unspecified atom stereocenters. The third kappa shape index (κ3) is 4.33. The molecule has 0 bridgehead atoms. The molecule has 0 aromatic rings. The van der Waals surface area contributed by atoms with Gasteiger partial charge in [0.1, 0.15) is 0 Å². The van der Waals surface area contributed by atoms with E-state index in [1.54, 1.807) is 7.11 Å². The highest BCUT2D eigenvalue weighted by molar-refractivity contribution is 5.75. The first-order valence-electron chi connectivity index (χ1n) is 7.86. The van der Waals surface area contributed by atoms with Crippen molar-refractivity contribution in [1.82, 2.24) is 10.2 Å². The van der Waals surface area contributed by atoms with Crippen LogP contribution in [0.4, 0.5) is 4.79 Å². The van der Waals surface area contributed by atoms with Gasteiger partial charge in [-0.1, -0.05) is 12.8 Å². The lowest BCUT2D eigenvalue weighted by Gasteiger charge is -2.29. The second kappa shape index (κ2) is 7.64. The first kappa shape index (κ1) is 16.1. The monoisotopic (exact) mass is 298 g/mol. The van der Waals surface area contributed by atoms with Gasteiger partial charge in [0, 0.05) is 32.7 Å². The van der Waals surface area contributed by atoms with Gasteiger partial charge >= 0.3 is 12.0 Å². The molecule has 1 aliphatic heterocycles. The summed E-state index contributed by atoms with van der Waals surface area (Å²) in [7, 11) is 1.68. The minimum atomic E-state index is -0.727. The number of ether oxygens (including phenoxy) is 1. The van der Waals surface area contributed by atoms with E-state index in [-0.39, 0.29) is 17.9 Å². The van der Waals surface area contributed by atoms with Crippen LogP contribution < -0.4 is 5.32 Å². The number of methoxy groups -OCH3 is 1. The van der Waals surface area contributed by atoms with Gasteiger partial charge in [-0.2, -0.15) is 0 Å². The zero-order valence-electron chi connectivity index (χ0n) is 12.7. The van der Waals surface area contributed by atoms with Crippen LogP contribution in [0.5, 0.6) is 0 Å². The Balaban J connectivity index is 1.77. The van der Waals surface area contributed by atoms with E-state index in [0.29, 0.717) is 19.1 Å². The van der Waals surface area contributed by atoms with Crippen molar-refractivity contribution >= 4 is 12.0 Å². The largest absolute Gasteiger partial charge is 0.481 e. The molecule has 2 amide bonds. The number of amides is 2. The minimum Gasteiger partial charge on any atom is -0.481 e. The minimum absolute atomic E-state index is 0.0664. The summed E-state index contributed by atoms with van der Waals surface area (Å²) in [6.45, 7) is 2.65. The highest BCUT2D eigenvalue weighted by Gasteiger charge is 2.32. The summed E-state index contributed by atoms with van der Waals surface area (Å²) in [5.41, 5.74) is 0. The summed E-state index contributed by atoms with van der Waals surface area (Å²) >= 11 is 0. The smallest absolute Gasteiger partial charge is 0.317 e. The number of carbonyl (C=O) groups is 2. The zero-order valence-corrected chi connectivity index (χ0v) is 12.7. The topological polar surface area (TPSA) is 78.9 Å². The van der Waals surface area contributed by atoms with E-state index < -0.39 is 5.97 Å². The third-order valence-electron chi connectivity index (χ3n) is 4.72. The molecule has 6 nitrogen and oxygen atoms in total. The van der Waals surface area contributed by atoms with Crippen molar-refractivity contribution in [2.45, 2.75) is 32.1 Å². The van der Waals surface area contributed by atoms with E-state index in [2.05, 4.69) is 5.32 Å². The van der Waals surface area contributed by atoms with Gasteiger partial charge in [0.25, 0.3) is 0 Å². The summed E-state index contributed by atoms with van der Waals surface area (Å²) in [4.78, 5) is 25.2. The Bertz CT molecular complexity index is 375. The van der Waals surface area contributed by atoms with Gasteiger partial charge in [-0.05, 0) is 25.2 Å². The third-order valence-corrected chi connectivity index (χ3v) is 4.72. The summed E-state index contributed by atoms with van der Waals surface area (Å²) in [6, 6.07) is -0.0664. The molecule has 0 aromatic carbocycles. The van der Waals surface area contributed by atoms with E-state index in [1.165, 1.54) is 0 Å². The highest BCUT2D eigenvalue weighted by atomic mass is 16.5. The molecule has 0 aromatic heterocycles. The van der Waals surface area contributed by atoms with E-state index in [0.717, 1.165) is 45.2 Å². The highest BCUT2D eigenvalue weighted by Crippen LogP contribution is 2.29. The molecule has 6 heteroatoms. The molecule has 2 N–H and O–H groups in total. The van der Waals surface area contributed by atoms with E-state index in [9.17, 15) is 14.7 Å². The predicted octanol–water partition coefficient (Wildman–Crippen LogP) is 1.56. The molecule has 2 fully saturated rings. The number of urea groups is 1. The van der Waals surface area contributed by atoms with Crippen molar-refractivity contribution < 1.29 is 19.4 Å². The quantitative estimate of drug-likeness (QED) is 0.807. The van der Waals surface area contributed by atoms with Crippen LogP contribution in [0.25, 0.3) is 0 Å². The number of nitrogens with zero attached hydrogens (tertiary/aromatic N) is 1. The Morgan fingerprint density at radius 1 is 1.29 bits per heavy atom. The van der Waals surface area contributed by atoms with Gasteiger partial charge in [0.2, 0.25) is 0 Å². The van der Waals surface area contributed by atoms with Gasteiger partial charge in [-0.3, -0.25) is 4.79 Å². The van der Waals surface area contributed by atoms with Gasteiger partial charge in [0.05, 0.1) is 12.5 Å². The molecular weight excluding hydrogens is 272 g/mol. The first-order valence-corrected chi connectivity index (χ1v) is 7.86. The van der Waals surface area contributed by atoms with Crippen LogP contribution in [-0.4, -0.2) is 55.4 Å². The maximum atomic E-state index is 12.1. The molecule has 0 radical (unpaired) electrons. The van der Waals surface area contributed by atoms with Crippen LogP contribution in [0, 0.1) is 17.8 Å². The van der Waals surface area contributed by atoms with E-state index in [4.69, 9.17) is 4.74 Å². The number of likely N-dealkylation sites (tertiary alicyclic amines) is 1. The lowest BCUT2D eigenvalue weighted by Crippen LogP contribution is -2.43. The molecule has 1 heterocycles. The summed E-state index contributed by atoms with van der Waals surface area (Å²) in [6.07, 6.45) is 4.64. The van der Waals surface area contributed by atoms with Crippen molar-refractivity contribution in [3.63, 3.8) is 0 Å². The molecule has 1 aliphatic carbocycles. The number of carbonyl (C=O) groups excluding carboxylic acids is 1.